The molecule has 2 rings (SSSR count). The molecule has 0 amide bonds. The van der Waals surface area contributed by atoms with Gasteiger partial charge < -0.3 is 11.1 Å². The van der Waals surface area contributed by atoms with Crippen LogP contribution in [0.3, 0.4) is 0 Å². The maximum atomic E-state index is 13.8. The minimum atomic E-state index is -0.641. The molecule has 1 saturated carbocycles. The summed E-state index contributed by atoms with van der Waals surface area (Å²) in [6.45, 7) is 2.14. The summed E-state index contributed by atoms with van der Waals surface area (Å²) in [5.41, 5.74) is 5.50. The minimum Gasteiger partial charge on any atom is -0.389 e. The number of hydrogen-bond donors (Lipinski definition) is 2. The van der Waals surface area contributed by atoms with Crippen molar-refractivity contribution < 1.29 is 8.78 Å². The van der Waals surface area contributed by atoms with Crippen molar-refractivity contribution in [2.75, 3.05) is 5.32 Å². The van der Waals surface area contributed by atoms with Crippen LogP contribution in [0.25, 0.3) is 0 Å². The Morgan fingerprint density at radius 2 is 1.94 bits per heavy atom. The Labute approximate surface area is 111 Å². The largest absolute Gasteiger partial charge is 0.389 e. The van der Waals surface area contributed by atoms with Crippen LogP contribution >= 0.6 is 12.2 Å². The van der Waals surface area contributed by atoms with E-state index in [0.29, 0.717) is 5.92 Å². The van der Waals surface area contributed by atoms with Gasteiger partial charge in [0.05, 0.1) is 0 Å². The maximum Gasteiger partial charge on any atom is 0.150 e. The van der Waals surface area contributed by atoms with Crippen LogP contribution < -0.4 is 11.1 Å². The van der Waals surface area contributed by atoms with Crippen LogP contribution in [0.1, 0.15) is 31.7 Å². The Morgan fingerprint density at radius 1 is 1.33 bits per heavy atom. The van der Waals surface area contributed by atoms with Crippen LogP contribution in [-0.4, -0.2) is 11.0 Å². The predicted molar refractivity (Wildman–Crippen MR) is 72.7 cm³/mol. The Bertz CT molecular complexity index is 453. The van der Waals surface area contributed by atoms with Crippen LogP contribution in [0.15, 0.2) is 12.1 Å². The lowest BCUT2D eigenvalue weighted by Gasteiger charge is -2.16. The molecule has 0 saturated heterocycles. The molecule has 0 spiro atoms. The van der Waals surface area contributed by atoms with E-state index in [0.717, 1.165) is 19.3 Å². The molecular weight excluding hydrogens is 254 g/mol. The molecule has 1 fully saturated rings. The van der Waals surface area contributed by atoms with Crippen LogP contribution in [0.2, 0.25) is 0 Å². The van der Waals surface area contributed by atoms with Gasteiger partial charge in [-0.15, -0.1) is 0 Å². The van der Waals surface area contributed by atoms with E-state index in [1.807, 2.05) is 0 Å². The number of hydrogen-bond acceptors (Lipinski definition) is 2. The molecule has 1 aromatic rings. The molecule has 0 heterocycles. The van der Waals surface area contributed by atoms with Gasteiger partial charge in [0.25, 0.3) is 0 Å². The smallest absolute Gasteiger partial charge is 0.150 e. The summed E-state index contributed by atoms with van der Waals surface area (Å²) in [6, 6.07) is 2.48. The molecule has 0 bridgehead atoms. The van der Waals surface area contributed by atoms with Crippen molar-refractivity contribution in [3.05, 3.63) is 29.3 Å². The van der Waals surface area contributed by atoms with E-state index in [1.165, 1.54) is 12.1 Å². The first-order chi connectivity index (χ1) is 8.47. The normalized spacial score (nSPS) is 23.1. The van der Waals surface area contributed by atoms with Gasteiger partial charge in [0.2, 0.25) is 0 Å². The zero-order valence-corrected chi connectivity index (χ0v) is 11.0. The van der Waals surface area contributed by atoms with Gasteiger partial charge >= 0.3 is 0 Å². The molecule has 98 valence electrons. The zero-order chi connectivity index (χ0) is 13.3. The first-order valence-corrected chi connectivity index (χ1v) is 6.43. The molecule has 18 heavy (non-hydrogen) atoms. The van der Waals surface area contributed by atoms with E-state index < -0.39 is 11.6 Å². The quantitative estimate of drug-likeness (QED) is 0.828. The van der Waals surface area contributed by atoms with Gasteiger partial charge in [0, 0.05) is 11.6 Å². The van der Waals surface area contributed by atoms with Crippen molar-refractivity contribution in [1.82, 2.24) is 0 Å². The van der Waals surface area contributed by atoms with Crippen LogP contribution in [-0.2, 0) is 0 Å². The van der Waals surface area contributed by atoms with Crippen molar-refractivity contribution >= 4 is 22.9 Å². The third kappa shape index (κ3) is 2.77. The van der Waals surface area contributed by atoms with E-state index in [1.54, 1.807) is 0 Å². The lowest BCUT2D eigenvalue weighted by molar-refractivity contribution is 0.574. The highest BCUT2D eigenvalue weighted by Crippen LogP contribution is 2.29. The second-order valence-corrected chi connectivity index (χ2v) is 5.38. The number of thiocarbonyl (C=S) groups is 1. The predicted octanol–water partition coefficient (Wildman–Crippen LogP) is 3.20. The van der Waals surface area contributed by atoms with Gasteiger partial charge in [0.1, 0.15) is 22.3 Å². The second kappa shape index (κ2) is 5.18. The van der Waals surface area contributed by atoms with Gasteiger partial charge in [-0.2, -0.15) is 0 Å². The summed E-state index contributed by atoms with van der Waals surface area (Å²) >= 11 is 4.71. The lowest BCUT2D eigenvalue weighted by atomic mass is 10.1. The van der Waals surface area contributed by atoms with Crippen molar-refractivity contribution in [3.8, 4) is 0 Å². The lowest BCUT2D eigenvalue weighted by Crippen LogP contribution is -2.18. The molecule has 2 atom stereocenters. The average molecular weight is 270 g/mol. The second-order valence-electron chi connectivity index (χ2n) is 4.94. The minimum absolute atomic E-state index is 0.00570. The number of rotatable bonds is 3. The average Bonchev–Trinajstić information content (AvgIpc) is 2.69. The highest BCUT2D eigenvalue weighted by Gasteiger charge is 2.23. The fraction of sp³-hybridized carbons (Fsp3) is 0.462. The van der Waals surface area contributed by atoms with Crippen LogP contribution in [0, 0.1) is 17.6 Å². The van der Waals surface area contributed by atoms with Gasteiger partial charge in [-0.05, 0) is 37.3 Å². The van der Waals surface area contributed by atoms with Crippen molar-refractivity contribution in [2.45, 2.75) is 32.2 Å². The molecule has 5 heteroatoms. The highest BCUT2D eigenvalue weighted by molar-refractivity contribution is 7.80. The molecule has 2 unspecified atom stereocenters. The van der Waals surface area contributed by atoms with Gasteiger partial charge in [0.15, 0.2) is 0 Å². The third-order valence-corrected chi connectivity index (χ3v) is 3.61. The topological polar surface area (TPSA) is 38.0 Å². The Hall–Kier alpha value is -1.23. The van der Waals surface area contributed by atoms with E-state index in [9.17, 15) is 8.78 Å². The Morgan fingerprint density at radius 3 is 2.39 bits per heavy atom. The molecule has 3 N–H and O–H groups in total. The van der Waals surface area contributed by atoms with E-state index >= 15 is 0 Å². The summed E-state index contributed by atoms with van der Waals surface area (Å²) < 4.78 is 27.6. The molecule has 1 aromatic carbocycles. The fourth-order valence-electron chi connectivity index (χ4n) is 2.40. The van der Waals surface area contributed by atoms with Crippen LogP contribution in [0.5, 0.6) is 0 Å². The molecule has 1 aliphatic rings. The molecule has 2 nitrogen and oxygen atoms in total. The summed E-state index contributed by atoms with van der Waals surface area (Å²) in [7, 11) is 0. The molecular formula is C13H16F2N2S. The first-order valence-electron chi connectivity index (χ1n) is 6.02. The first kappa shape index (κ1) is 13.2. The Balaban J connectivity index is 2.20. The standard InChI is InChI=1S/C13H16F2N2S/c1-7-2-3-9(4-7)17-12-10(14)5-8(13(16)18)6-11(12)15/h5-7,9,17H,2-4H2,1H3,(H2,16,18). The fourth-order valence-corrected chi connectivity index (χ4v) is 2.51. The molecule has 1 aliphatic carbocycles. The maximum absolute atomic E-state index is 13.8. The van der Waals surface area contributed by atoms with Crippen molar-refractivity contribution in [1.29, 1.82) is 0 Å². The monoisotopic (exact) mass is 270 g/mol. The zero-order valence-electron chi connectivity index (χ0n) is 10.2. The van der Waals surface area contributed by atoms with Gasteiger partial charge in [-0.25, -0.2) is 8.78 Å². The van der Waals surface area contributed by atoms with E-state index in [2.05, 4.69) is 12.2 Å². The molecule has 0 radical (unpaired) electrons. The molecule has 0 aliphatic heterocycles. The van der Waals surface area contributed by atoms with Gasteiger partial charge in [-0.3, -0.25) is 0 Å². The molecule has 0 aromatic heterocycles. The summed E-state index contributed by atoms with van der Waals surface area (Å²) in [6.07, 6.45) is 2.97. The highest BCUT2D eigenvalue weighted by atomic mass is 32.1. The summed E-state index contributed by atoms with van der Waals surface area (Å²) in [5, 5.41) is 2.94. The van der Waals surface area contributed by atoms with Crippen molar-refractivity contribution in [2.24, 2.45) is 11.7 Å². The number of benzene rings is 1. The number of halogens is 2. The van der Waals surface area contributed by atoms with E-state index in [4.69, 9.17) is 18.0 Å². The van der Waals surface area contributed by atoms with Gasteiger partial charge in [-0.1, -0.05) is 19.1 Å². The third-order valence-electron chi connectivity index (χ3n) is 3.37. The van der Waals surface area contributed by atoms with Crippen molar-refractivity contribution in [3.63, 3.8) is 0 Å². The van der Waals surface area contributed by atoms with E-state index in [-0.39, 0.29) is 22.3 Å². The van der Waals surface area contributed by atoms with Crippen LogP contribution in [0.4, 0.5) is 14.5 Å². The number of anilines is 1. The number of nitrogens with two attached hydrogens (primary N) is 1. The number of nitrogens with one attached hydrogen (secondary N) is 1. The summed E-state index contributed by atoms with van der Waals surface area (Å²) in [4.78, 5) is -0.00570. The summed E-state index contributed by atoms with van der Waals surface area (Å²) in [5.74, 6) is -0.681. The Kier molecular flexibility index (Phi) is 3.80. The SMILES string of the molecule is CC1CCC(Nc2c(F)cc(C(N)=S)cc2F)C1.